The van der Waals surface area contributed by atoms with Crippen LogP contribution in [0.2, 0.25) is 0 Å². The molecule has 1 saturated heterocycles. The molecule has 2 aromatic heterocycles. The van der Waals surface area contributed by atoms with Crippen LogP contribution in [-0.2, 0) is 11.2 Å². The van der Waals surface area contributed by atoms with Crippen LogP contribution in [-0.4, -0.2) is 38.6 Å². The van der Waals surface area contributed by atoms with E-state index in [2.05, 4.69) is 15.1 Å². The molecule has 0 unspecified atom stereocenters. The summed E-state index contributed by atoms with van der Waals surface area (Å²) >= 11 is 0. The number of Topliss-reactive ketones (excluding diaryl/α,β-unsaturated/α-hetero) is 1. The molecule has 0 spiro atoms. The van der Waals surface area contributed by atoms with E-state index in [0.29, 0.717) is 29.5 Å². The van der Waals surface area contributed by atoms with Gasteiger partial charge in [-0.1, -0.05) is 0 Å². The number of imidazole rings is 1. The van der Waals surface area contributed by atoms with E-state index < -0.39 is 0 Å². The first-order chi connectivity index (χ1) is 17.0. The first-order valence-electron chi connectivity index (χ1n) is 11.7. The van der Waals surface area contributed by atoms with E-state index in [0.717, 1.165) is 37.3 Å². The quantitative estimate of drug-likeness (QED) is 0.377. The lowest BCUT2D eigenvalue weighted by atomic mass is 9.91. The van der Waals surface area contributed by atoms with Crippen LogP contribution in [0, 0.1) is 17.6 Å². The Labute approximate surface area is 202 Å². The zero-order chi connectivity index (χ0) is 24.2. The number of carbonyl (C=O) groups is 1. The summed E-state index contributed by atoms with van der Waals surface area (Å²) in [5.74, 6) is 1.21. The Kier molecular flexibility index (Phi) is 6.61. The van der Waals surface area contributed by atoms with Crippen LogP contribution in [0.4, 0.5) is 14.6 Å². The molecule has 0 bridgehead atoms. The van der Waals surface area contributed by atoms with Crippen LogP contribution in [0.5, 0.6) is 0 Å². The van der Waals surface area contributed by atoms with Gasteiger partial charge in [0.2, 0.25) is 0 Å². The second-order valence-corrected chi connectivity index (χ2v) is 8.83. The lowest BCUT2D eigenvalue weighted by molar-refractivity contribution is -0.119. The van der Waals surface area contributed by atoms with Crippen molar-refractivity contribution in [1.29, 1.82) is 0 Å². The predicted molar refractivity (Wildman–Crippen MR) is 129 cm³/mol. The summed E-state index contributed by atoms with van der Waals surface area (Å²) in [6.07, 6.45) is 5.94. The van der Waals surface area contributed by atoms with Crippen LogP contribution in [0.25, 0.3) is 16.9 Å². The van der Waals surface area contributed by atoms with Gasteiger partial charge in [-0.05, 0) is 79.4 Å². The monoisotopic (exact) mass is 473 g/mol. The Morgan fingerprint density at radius 2 is 1.63 bits per heavy atom. The molecule has 8 heteroatoms. The van der Waals surface area contributed by atoms with E-state index in [4.69, 9.17) is 4.98 Å². The second-order valence-electron chi connectivity index (χ2n) is 8.83. The molecule has 35 heavy (non-hydrogen) atoms. The molecule has 0 saturated carbocycles. The maximum absolute atomic E-state index is 13.5. The van der Waals surface area contributed by atoms with Crippen LogP contribution in [0.15, 0.2) is 73.1 Å². The number of rotatable bonds is 7. The van der Waals surface area contributed by atoms with E-state index in [-0.39, 0.29) is 23.8 Å². The maximum atomic E-state index is 13.5. The lowest BCUT2D eigenvalue weighted by Crippen LogP contribution is -2.35. The molecular formula is C27H25F2N5O. The van der Waals surface area contributed by atoms with Crippen LogP contribution < -0.4 is 4.90 Å². The van der Waals surface area contributed by atoms with Gasteiger partial charge in [0.05, 0.1) is 12.1 Å². The molecule has 0 amide bonds. The molecule has 4 aromatic rings. The minimum absolute atomic E-state index is 0.113. The van der Waals surface area contributed by atoms with Gasteiger partial charge >= 0.3 is 0 Å². The standard InChI is InChI=1S/C27H25F2N5O/c28-21-5-3-20(4-6-21)25-18-34(23-9-7-22(29)8-10-23)27(31-25)17-24(35)16-19-11-14-33(15-12-19)26-2-1-13-30-32-26/h1-10,13,18-19H,11-12,14-17H2. The van der Waals surface area contributed by atoms with Crippen molar-refractivity contribution < 1.29 is 13.6 Å². The summed E-state index contributed by atoms with van der Waals surface area (Å²) in [5, 5.41) is 8.12. The van der Waals surface area contributed by atoms with Crippen molar-refractivity contribution >= 4 is 11.6 Å². The van der Waals surface area contributed by atoms with Crippen molar-refractivity contribution in [1.82, 2.24) is 19.7 Å². The Morgan fingerprint density at radius 3 is 2.29 bits per heavy atom. The number of piperidine rings is 1. The lowest BCUT2D eigenvalue weighted by Gasteiger charge is -2.32. The highest BCUT2D eigenvalue weighted by molar-refractivity contribution is 5.81. The van der Waals surface area contributed by atoms with Gasteiger partial charge in [-0.15, -0.1) is 5.10 Å². The first kappa shape index (κ1) is 22.8. The molecule has 3 heterocycles. The normalized spacial score (nSPS) is 14.3. The third kappa shape index (κ3) is 5.42. The van der Waals surface area contributed by atoms with Gasteiger partial charge in [-0.25, -0.2) is 13.8 Å². The molecule has 6 nitrogen and oxygen atoms in total. The highest BCUT2D eigenvalue weighted by Gasteiger charge is 2.23. The minimum Gasteiger partial charge on any atom is -0.355 e. The fraction of sp³-hybridized carbons (Fsp3) is 0.259. The van der Waals surface area contributed by atoms with Gasteiger partial charge in [-0.3, -0.25) is 4.79 Å². The summed E-state index contributed by atoms with van der Waals surface area (Å²) in [5.41, 5.74) is 2.10. The van der Waals surface area contributed by atoms with Gasteiger partial charge in [-0.2, -0.15) is 5.10 Å². The zero-order valence-corrected chi connectivity index (χ0v) is 19.1. The molecule has 1 fully saturated rings. The third-order valence-electron chi connectivity index (χ3n) is 6.39. The highest BCUT2D eigenvalue weighted by atomic mass is 19.1. The third-order valence-corrected chi connectivity index (χ3v) is 6.39. The molecule has 1 aliphatic rings. The van der Waals surface area contributed by atoms with Gasteiger partial charge in [0.15, 0.2) is 5.82 Å². The summed E-state index contributed by atoms with van der Waals surface area (Å²) in [6.45, 7) is 1.69. The van der Waals surface area contributed by atoms with Gasteiger partial charge in [0, 0.05) is 43.2 Å². The number of ketones is 1. The number of nitrogens with zero attached hydrogens (tertiary/aromatic N) is 5. The van der Waals surface area contributed by atoms with Crippen molar-refractivity contribution in [2.24, 2.45) is 5.92 Å². The largest absolute Gasteiger partial charge is 0.355 e. The van der Waals surface area contributed by atoms with E-state index in [1.807, 2.05) is 22.9 Å². The molecule has 0 atom stereocenters. The van der Waals surface area contributed by atoms with Gasteiger partial charge in [0.1, 0.15) is 23.2 Å². The Bertz CT molecular complexity index is 1280. The van der Waals surface area contributed by atoms with Gasteiger partial charge in [0.25, 0.3) is 0 Å². The molecule has 0 radical (unpaired) electrons. The zero-order valence-electron chi connectivity index (χ0n) is 19.1. The number of halogens is 2. The molecular weight excluding hydrogens is 448 g/mol. The SMILES string of the molecule is O=C(Cc1nc(-c2ccc(F)cc2)cn1-c1ccc(F)cc1)CC1CCN(c2cccnn2)CC1. The fourth-order valence-corrected chi connectivity index (χ4v) is 4.53. The average Bonchev–Trinajstić information content (AvgIpc) is 3.29. The van der Waals surface area contributed by atoms with Gasteiger partial charge < -0.3 is 9.47 Å². The molecule has 178 valence electrons. The van der Waals surface area contributed by atoms with Crippen molar-refractivity contribution in [3.8, 4) is 16.9 Å². The van der Waals surface area contributed by atoms with Crippen molar-refractivity contribution in [2.75, 3.05) is 18.0 Å². The molecule has 2 aromatic carbocycles. The van der Waals surface area contributed by atoms with Crippen molar-refractivity contribution in [3.63, 3.8) is 0 Å². The topological polar surface area (TPSA) is 63.9 Å². The van der Waals surface area contributed by atoms with E-state index in [9.17, 15) is 13.6 Å². The van der Waals surface area contributed by atoms with Crippen molar-refractivity contribution in [2.45, 2.75) is 25.7 Å². The van der Waals surface area contributed by atoms with Crippen molar-refractivity contribution in [3.05, 3.63) is 90.5 Å². The van der Waals surface area contributed by atoms with E-state index in [1.54, 1.807) is 30.5 Å². The number of carbonyl (C=O) groups excluding carboxylic acids is 1. The smallest absolute Gasteiger partial charge is 0.151 e. The maximum Gasteiger partial charge on any atom is 0.151 e. The summed E-state index contributed by atoms with van der Waals surface area (Å²) in [6, 6.07) is 16.0. The predicted octanol–water partition coefficient (Wildman–Crippen LogP) is 5.03. The summed E-state index contributed by atoms with van der Waals surface area (Å²) < 4.78 is 28.7. The average molecular weight is 474 g/mol. The number of hydrogen-bond acceptors (Lipinski definition) is 5. The molecule has 0 aliphatic carbocycles. The Balaban J connectivity index is 1.30. The van der Waals surface area contributed by atoms with Crippen LogP contribution >= 0.6 is 0 Å². The molecule has 1 aliphatic heterocycles. The molecule has 5 rings (SSSR count). The second kappa shape index (κ2) is 10.1. The van der Waals surface area contributed by atoms with Crippen LogP contribution in [0.3, 0.4) is 0 Å². The highest BCUT2D eigenvalue weighted by Crippen LogP contribution is 2.26. The Morgan fingerprint density at radius 1 is 0.943 bits per heavy atom. The number of anilines is 1. The minimum atomic E-state index is -0.335. The molecule has 0 N–H and O–H groups in total. The van der Waals surface area contributed by atoms with E-state index >= 15 is 0 Å². The number of benzene rings is 2. The first-order valence-corrected chi connectivity index (χ1v) is 11.7. The van der Waals surface area contributed by atoms with E-state index in [1.165, 1.54) is 24.3 Å². The fourth-order valence-electron chi connectivity index (χ4n) is 4.53. The van der Waals surface area contributed by atoms with Crippen LogP contribution in [0.1, 0.15) is 25.1 Å². The number of aromatic nitrogens is 4. The number of hydrogen-bond donors (Lipinski definition) is 0. The summed E-state index contributed by atoms with van der Waals surface area (Å²) in [4.78, 5) is 20.0. The Hall–Kier alpha value is -3.94. The summed E-state index contributed by atoms with van der Waals surface area (Å²) in [7, 11) is 0.